The molecule has 34 heavy (non-hydrogen) atoms. The molecule has 175 valence electrons. The molecular formula is C26H26N3O5. The smallest absolute Gasteiger partial charge is 0.343 e. The molecule has 0 aliphatic carbocycles. The van der Waals surface area contributed by atoms with Gasteiger partial charge < -0.3 is 19.5 Å². The van der Waals surface area contributed by atoms with Crippen molar-refractivity contribution in [2.75, 3.05) is 13.1 Å². The van der Waals surface area contributed by atoms with Gasteiger partial charge in [-0.2, -0.15) is 0 Å². The van der Waals surface area contributed by atoms with Gasteiger partial charge in [0.25, 0.3) is 5.56 Å². The van der Waals surface area contributed by atoms with E-state index < -0.39 is 11.6 Å². The molecule has 8 nitrogen and oxygen atoms in total. The minimum atomic E-state index is -1.84. The van der Waals surface area contributed by atoms with Crippen LogP contribution in [-0.4, -0.2) is 43.7 Å². The predicted octanol–water partition coefficient (Wildman–Crippen LogP) is 2.59. The van der Waals surface area contributed by atoms with Crippen molar-refractivity contribution in [2.24, 2.45) is 0 Å². The van der Waals surface area contributed by atoms with E-state index >= 15 is 0 Å². The molecule has 0 amide bonds. The summed E-state index contributed by atoms with van der Waals surface area (Å²) in [7, 11) is 0. The van der Waals surface area contributed by atoms with Gasteiger partial charge in [-0.15, -0.1) is 0 Å². The molecule has 8 heteroatoms. The van der Waals surface area contributed by atoms with Crippen molar-refractivity contribution in [1.82, 2.24) is 14.5 Å². The standard InChI is InChI=1S/C26H26N3O5/c1-2-26(33)19-11-21-23-15(12-29(21)24(31)18(19)14-34-25(26)32)10-16-17(13-28-8-4-3-5-9-28)22(30)7-6-20(16)27-23/h3,6-7,10-11,30,33H,2,4-5,8-9,12-14H2,1H3/t26-/m0/s1. The lowest BCUT2D eigenvalue weighted by molar-refractivity contribution is -0.172. The van der Waals surface area contributed by atoms with Gasteiger partial charge in [0.1, 0.15) is 12.4 Å². The zero-order valence-corrected chi connectivity index (χ0v) is 19.0. The highest BCUT2D eigenvalue weighted by Gasteiger charge is 2.45. The van der Waals surface area contributed by atoms with Crippen LogP contribution in [0.2, 0.25) is 0 Å². The van der Waals surface area contributed by atoms with E-state index in [1.807, 2.05) is 6.07 Å². The second-order valence-electron chi connectivity index (χ2n) is 9.37. The monoisotopic (exact) mass is 460 g/mol. The van der Waals surface area contributed by atoms with Gasteiger partial charge >= 0.3 is 5.97 Å². The Morgan fingerprint density at radius 2 is 1.97 bits per heavy atom. The predicted molar refractivity (Wildman–Crippen MR) is 125 cm³/mol. The fraction of sp³-hybridized carbons (Fsp3) is 0.385. The summed E-state index contributed by atoms with van der Waals surface area (Å²) in [5.74, 6) is -0.484. The molecule has 6 rings (SSSR count). The molecule has 3 aromatic rings. The van der Waals surface area contributed by atoms with Gasteiger partial charge in [0.15, 0.2) is 5.60 Å². The molecule has 1 aromatic carbocycles. The minimum Gasteiger partial charge on any atom is -0.508 e. The van der Waals surface area contributed by atoms with Gasteiger partial charge in [0.2, 0.25) is 0 Å². The molecule has 0 saturated carbocycles. The number of ether oxygens (including phenoxy) is 1. The summed E-state index contributed by atoms with van der Waals surface area (Å²) in [6, 6.07) is 7.20. The van der Waals surface area contributed by atoms with Crippen LogP contribution in [-0.2, 0) is 34.8 Å². The SMILES string of the molecule is CC[C@@]1(O)C(=O)OCc2c1cc1n(c2=O)Cc2cc3c(CN4CC[CH]CC4)c(O)ccc3nc2-1. The number of phenolic OH excluding ortho intramolecular Hbond substituents is 1. The number of phenols is 1. The quantitative estimate of drug-likeness (QED) is 0.453. The fourth-order valence-corrected chi connectivity index (χ4v) is 5.45. The first-order chi connectivity index (χ1) is 16.4. The van der Waals surface area contributed by atoms with Crippen LogP contribution < -0.4 is 5.56 Å². The first kappa shape index (κ1) is 21.3. The van der Waals surface area contributed by atoms with Gasteiger partial charge in [0, 0.05) is 28.6 Å². The summed E-state index contributed by atoms with van der Waals surface area (Å²) in [5.41, 5.74) is 2.20. The van der Waals surface area contributed by atoms with Crippen LogP contribution in [0.25, 0.3) is 22.3 Å². The molecule has 0 spiro atoms. The van der Waals surface area contributed by atoms with Gasteiger partial charge in [-0.3, -0.25) is 9.69 Å². The lowest BCUT2D eigenvalue weighted by Crippen LogP contribution is -2.44. The number of fused-ring (bicyclic) bond motifs is 5. The Morgan fingerprint density at radius 1 is 1.18 bits per heavy atom. The number of rotatable bonds is 3. The number of esters is 1. The molecule has 1 saturated heterocycles. The Hall–Kier alpha value is -3.23. The van der Waals surface area contributed by atoms with Crippen molar-refractivity contribution in [1.29, 1.82) is 0 Å². The Labute approximate surface area is 196 Å². The lowest BCUT2D eigenvalue weighted by Gasteiger charge is -2.31. The Bertz CT molecular complexity index is 1410. The van der Waals surface area contributed by atoms with Crippen molar-refractivity contribution in [3.8, 4) is 17.1 Å². The number of pyridine rings is 2. The zero-order chi connectivity index (χ0) is 23.6. The number of hydrogen-bond donors (Lipinski definition) is 2. The maximum absolute atomic E-state index is 13.3. The molecule has 2 aromatic heterocycles. The highest BCUT2D eigenvalue weighted by molar-refractivity contribution is 5.89. The first-order valence-electron chi connectivity index (χ1n) is 11.8. The maximum atomic E-state index is 13.3. The second-order valence-corrected chi connectivity index (χ2v) is 9.37. The van der Waals surface area contributed by atoms with Crippen LogP contribution in [0.3, 0.4) is 0 Å². The van der Waals surface area contributed by atoms with Crippen LogP contribution in [0.1, 0.15) is 48.4 Å². The van der Waals surface area contributed by atoms with Gasteiger partial charge in [0.05, 0.1) is 29.0 Å². The van der Waals surface area contributed by atoms with E-state index in [0.717, 1.165) is 48.0 Å². The molecule has 0 bridgehead atoms. The summed E-state index contributed by atoms with van der Waals surface area (Å²) < 4.78 is 6.77. The average molecular weight is 461 g/mol. The molecule has 1 atom stereocenters. The van der Waals surface area contributed by atoms with Crippen molar-refractivity contribution in [3.63, 3.8) is 0 Å². The number of aliphatic hydroxyl groups is 1. The van der Waals surface area contributed by atoms with E-state index in [1.165, 1.54) is 0 Å². The number of benzene rings is 1. The van der Waals surface area contributed by atoms with Crippen molar-refractivity contribution in [3.05, 3.63) is 63.3 Å². The van der Waals surface area contributed by atoms with Gasteiger partial charge in [-0.05, 0) is 63.0 Å². The number of nitrogens with zero attached hydrogens (tertiary/aromatic N) is 3. The average Bonchev–Trinajstić information content (AvgIpc) is 3.21. The van der Waals surface area contributed by atoms with Gasteiger partial charge in [-0.1, -0.05) is 6.92 Å². The first-order valence-corrected chi connectivity index (χ1v) is 11.8. The van der Waals surface area contributed by atoms with Crippen molar-refractivity contribution >= 4 is 16.9 Å². The summed E-state index contributed by atoms with van der Waals surface area (Å²) in [5, 5.41) is 22.6. The molecule has 2 N–H and O–H groups in total. The maximum Gasteiger partial charge on any atom is 0.343 e. The Kier molecular flexibility index (Phi) is 4.79. The number of carbonyl (C=O) groups excluding carboxylic acids is 1. The normalized spacial score (nSPS) is 21.8. The van der Waals surface area contributed by atoms with E-state index in [-0.39, 0.29) is 24.3 Å². The van der Waals surface area contributed by atoms with Crippen LogP contribution in [0.5, 0.6) is 5.75 Å². The molecular weight excluding hydrogens is 434 g/mol. The highest BCUT2D eigenvalue weighted by Crippen LogP contribution is 2.39. The number of likely N-dealkylation sites (tertiary alicyclic amines) is 1. The van der Waals surface area contributed by atoms with Crippen LogP contribution >= 0.6 is 0 Å². The number of cyclic esters (lactones) is 1. The van der Waals surface area contributed by atoms with Crippen molar-refractivity contribution in [2.45, 2.75) is 51.5 Å². The minimum absolute atomic E-state index is 0.108. The molecule has 3 aliphatic heterocycles. The number of carbonyl (C=O) groups is 1. The molecule has 1 radical (unpaired) electrons. The third-order valence-electron chi connectivity index (χ3n) is 7.46. The third kappa shape index (κ3) is 3.02. The van der Waals surface area contributed by atoms with E-state index in [1.54, 1.807) is 29.7 Å². The largest absolute Gasteiger partial charge is 0.508 e. The lowest BCUT2D eigenvalue weighted by atomic mass is 9.86. The van der Waals surface area contributed by atoms with E-state index in [9.17, 15) is 19.8 Å². The van der Waals surface area contributed by atoms with E-state index in [2.05, 4.69) is 11.3 Å². The topological polar surface area (TPSA) is 105 Å². The number of aromatic hydroxyl groups is 1. The summed E-state index contributed by atoms with van der Waals surface area (Å²) in [4.78, 5) is 32.9. The van der Waals surface area contributed by atoms with Crippen LogP contribution in [0.15, 0.2) is 29.1 Å². The van der Waals surface area contributed by atoms with Crippen molar-refractivity contribution < 1.29 is 19.7 Å². The third-order valence-corrected chi connectivity index (χ3v) is 7.46. The fourth-order valence-electron chi connectivity index (χ4n) is 5.45. The second kappa shape index (κ2) is 7.65. The zero-order valence-electron chi connectivity index (χ0n) is 19.0. The molecule has 5 heterocycles. The molecule has 1 fully saturated rings. The number of aromatic nitrogens is 2. The molecule has 3 aliphatic rings. The number of piperidine rings is 1. The highest BCUT2D eigenvalue weighted by atomic mass is 16.6. The summed E-state index contributed by atoms with van der Waals surface area (Å²) in [6.45, 7) is 4.44. The van der Waals surface area contributed by atoms with E-state index in [0.29, 0.717) is 35.6 Å². The van der Waals surface area contributed by atoms with Gasteiger partial charge in [-0.25, -0.2) is 9.78 Å². The number of hydrogen-bond acceptors (Lipinski definition) is 7. The van der Waals surface area contributed by atoms with Crippen LogP contribution in [0.4, 0.5) is 0 Å². The molecule has 0 unspecified atom stereocenters. The Morgan fingerprint density at radius 3 is 2.74 bits per heavy atom. The summed E-state index contributed by atoms with van der Waals surface area (Å²) >= 11 is 0. The van der Waals surface area contributed by atoms with E-state index in [4.69, 9.17) is 9.72 Å². The van der Waals surface area contributed by atoms with Crippen LogP contribution in [0, 0.1) is 6.42 Å². The Balaban J connectivity index is 1.50. The summed E-state index contributed by atoms with van der Waals surface area (Å²) in [6.07, 6.45) is 4.48.